The van der Waals surface area contributed by atoms with Gasteiger partial charge in [0.25, 0.3) is 0 Å². The van der Waals surface area contributed by atoms with Gasteiger partial charge >= 0.3 is 0 Å². The number of halogens is 1. The summed E-state index contributed by atoms with van der Waals surface area (Å²) in [4.78, 5) is 11.3. The molecule has 1 fully saturated rings. The number of amides is 1. The third-order valence-electron chi connectivity index (χ3n) is 2.79. The lowest BCUT2D eigenvalue weighted by atomic mass is 9.73. The first-order chi connectivity index (χ1) is 6.44. The molecule has 1 aliphatic rings. The zero-order valence-corrected chi connectivity index (χ0v) is 10.5. The Balaban J connectivity index is 2.71. The molecule has 14 heavy (non-hydrogen) atoms. The van der Waals surface area contributed by atoms with Gasteiger partial charge in [0.15, 0.2) is 0 Å². The molecule has 0 spiro atoms. The lowest BCUT2D eigenvalue weighted by molar-refractivity contribution is -0.150. The van der Waals surface area contributed by atoms with Crippen LogP contribution in [0.2, 0.25) is 0 Å². The van der Waals surface area contributed by atoms with Crippen LogP contribution >= 0.6 is 22.6 Å². The highest BCUT2D eigenvalue weighted by atomic mass is 127. The highest BCUT2D eigenvalue weighted by Gasteiger charge is 2.51. The molecule has 1 heterocycles. The molecule has 5 heteroatoms. The Labute approximate surface area is 97.2 Å². The SMILES string of the molecule is C[C@@H](CO)[C@H]1NC(=O)[C@H]1C(C)(O)CI. The zero-order valence-electron chi connectivity index (χ0n) is 8.33. The molecule has 0 aromatic carbocycles. The Morgan fingerprint density at radius 2 is 2.29 bits per heavy atom. The number of aliphatic hydroxyl groups is 2. The third-order valence-corrected chi connectivity index (χ3v) is 4.34. The second-order valence-electron chi connectivity index (χ2n) is 4.16. The number of hydrogen-bond donors (Lipinski definition) is 3. The van der Waals surface area contributed by atoms with E-state index < -0.39 is 5.60 Å². The molecule has 4 atom stereocenters. The van der Waals surface area contributed by atoms with Crippen LogP contribution in [-0.4, -0.2) is 38.8 Å². The molecular formula is C9H16INO3. The van der Waals surface area contributed by atoms with Crippen LogP contribution in [0.15, 0.2) is 0 Å². The fraction of sp³-hybridized carbons (Fsp3) is 0.889. The fourth-order valence-corrected chi connectivity index (χ4v) is 2.22. The maximum Gasteiger partial charge on any atom is 0.228 e. The summed E-state index contributed by atoms with van der Waals surface area (Å²) in [5.41, 5.74) is -0.975. The van der Waals surface area contributed by atoms with E-state index in [4.69, 9.17) is 5.11 Å². The van der Waals surface area contributed by atoms with Gasteiger partial charge in [-0.15, -0.1) is 0 Å². The van der Waals surface area contributed by atoms with E-state index in [1.54, 1.807) is 6.92 Å². The van der Waals surface area contributed by atoms with E-state index in [-0.39, 0.29) is 30.4 Å². The summed E-state index contributed by atoms with van der Waals surface area (Å²) >= 11 is 2.07. The van der Waals surface area contributed by atoms with Gasteiger partial charge in [0.05, 0.1) is 11.5 Å². The number of alkyl halides is 1. The van der Waals surface area contributed by atoms with Crippen molar-refractivity contribution in [2.45, 2.75) is 25.5 Å². The van der Waals surface area contributed by atoms with Gasteiger partial charge in [-0.1, -0.05) is 29.5 Å². The number of rotatable bonds is 4. The molecule has 1 rings (SSSR count). The number of nitrogens with one attached hydrogen (secondary N) is 1. The minimum atomic E-state index is -0.975. The van der Waals surface area contributed by atoms with Gasteiger partial charge in [-0.25, -0.2) is 0 Å². The summed E-state index contributed by atoms with van der Waals surface area (Å²) in [6.45, 7) is 3.55. The molecule has 82 valence electrons. The quantitative estimate of drug-likeness (QED) is 0.386. The molecule has 4 nitrogen and oxygen atoms in total. The van der Waals surface area contributed by atoms with Gasteiger partial charge in [-0.2, -0.15) is 0 Å². The summed E-state index contributed by atoms with van der Waals surface area (Å²) in [5.74, 6) is -0.509. The van der Waals surface area contributed by atoms with Crippen molar-refractivity contribution >= 4 is 28.5 Å². The van der Waals surface area contributed by atoms with Crippen LogP contribution in [0.4, 0.5) is 0 Å². The van der Waals surface area contributed by atoms with Crippen molar-refractivity contribution in [1.29, 1.82) is 0 Å². The van der Waals surface area contributed by atoms with E-state index in [1.165, 1.54) is 0 Å². The average Bonchev–Trinajstić information content (AvgIpc) is 2.12. The Morgan fingerprint density at radius 1 is 1.71 bits per heavy atom. The molecule has 1 amide bonds. The molecule has 1 unspecified atom stereocenters. The molecular weight excluding hydrogens is 297 g/mol. The molecule has 0 radical (unpaired) electrons. The van der Waals surface area contributed by atoms with E-state index in [0.717, 1.165) is 0 Å². The van der Waals surface area contributed by atoms with Crippen LogP contribution in [-0.2, 0) is 4.79 Å². The van der Waals surface area contributed by atoms with Crippen molar-refractivity contribution in [2.24, 2.45) is 11.8 Å². The number of hydrogen-bond acceptors (Lipinski definition) is 3. The topological polar surface area (TPSA) is 69.6 Å². The summed E-state index contributed by atoms with van der Waals surface area (Å²) in [6, 6.07) is -0.0998. The lowest BCUT2D eigenvalue weighted by Gasteiger charge is -2.46. The van der Waals surface area contributed by atoms with Crippen LogP contribution in [0.5, 0.6) is 0 Å². The van der Waals surface area contributed by atoms with E-state index >= 15 is 0 Å². The van der Waals surface area contributed by atoms with Crippen molar-refractivity contribution in [1.82, 2.24) is 5.32 Å². The first-order valence-corrected chi connectivity index (χ1v) is 6.16. The molecule has 0 aliphatic carbocycles. The predicted octanol–water partition coefficient (Wildman–Crippen LogP) is -0.0846. The Morgan fingerprint density at radius 3 is 2.64 bits per heavy atom. The Hall–Kier alpha value is 0.120. The van der Waals surface area contributed by atoms with Gasteiger partial charge in [0.1, 0.15) is 0 Å². The van der Waals surface area contributed by atoms with Crippen molar-refractivity contribution < 1.29 is 15.0 Å². The normalized spacial score (nSPS) is 32.8. The van der Waals surface area contributed by atoms with Crippen molar-refractivity contribution in [3.63, 3.8) is 0 Å². The standard InChI is InChI=1S/C9H16INO3/c1-5(3-12)7-6(8(13)11-7)9(2,14)4-10/h5-7,12,14H,3-4H2,1-2H3,(H,11,13)/t5-,6-,7+,9?/m0/s1. The first kappa shape index (κ1) is 12.2. The largest absolute Gasteiger partial charge is 0.396 e. The van der Waals surface area contributed by atoms with Crippen LogP contribution in [0.3, 0.4) is 0 Å². The summed E-state index contributed by atoms with van der Waals surface area (Å²) in [7, 11) is 0. The predicted molar refractivity (Wildman–Crippen MR) is 61.2 cm³/mol. The van der Waals surface area contributed by atoms with Gasteiger partial charge in [0, 0.05) is 23.0 Å². The van der Waals surface area contributed by atoms with Crippen molar-refractivity contribution in [3.8, 4) is 0 Å². The number of carbonyl (C=O) groups excluding carboxylic acids is 1. The maximum atomic E-state index is 11.3. The number of β-lactam (4-membered cyclic amide) rings is 1. The molecule has 1 saturated heterocycles. The third kappa shape index (κ3) is 2.04. The molecule has 0 saturated carbocycles. The summed E-state index contributed by atoms with van der Waals surface area (Å²) in [6.07, 6.45) is 0. The van der Waals surface area contributed by atoms with Crippen LogP contribution in [0.25, 0.3) is 0 Å². The second-order valence-corrected chi connectivity index (χ2v) is 4.93. The number of carbonyl (C=O) groups is 1. The van der Waals surface area contributed by atoms with E-state index in [2.05, 4.69) is 27.9 Å². The van der Waals surface area contributed by atoms with Gasteiger partial charge in [0.2, 0.25) is 5.91 Å². The van der Waals surface area contributed by atoms with Crippen LogP contribution in [0.1, 0.15) is 13.8 Å². The minimum absolute atomic E-state index is 0.00729. The van der Waals surface area contributed by atoms with Gasteiger partial charge in [-0.05, 0) is 6.92 Å². The molecule has 0 bridgehead atoms. The highest BCUT2D eigenvalue weighted by Crippen LogP contribution is 2.32. The summed E-state index contributed by atoms with van der Waals surface area (Å²) in [5, 5.41) is 21.7. The monoisotopic (exact) mass is 313 g/mol. The van der Waals surface area contributed by atoms with E-state index in [0.29, 0.717) is 4.43 Å². The molecule has 0 aromatic heterocycles. The second kappa shape index (κ2) is 4.32. The fourth-order valence-electron chi connectivity index (χ4n) is 1.74. The minimum Gasteiger partial charge on any atom is -0.396 e. The molecule has 3 N–H and O–H groups in total. The lowest BCUT2D eigenvalue weighted by Crippen LogP contribution is -2.69. The highest BCUT2D eigenvalue weighted by molar-refractivity contribution is 14.1. The number of aliphatic hydroxyl groups excluding tert-OH is 1. The van der Waals surface area contributed by atoms with Gasteiger partial charge in [-0.3, -0.25) is 4.79 Å². The van der Waals surface area contributed by atoms with Crippen LogP contribution in [0, 0.1) is 11.8 Å². The zero-order chi connectivity index (χ0) is 10.9. The Bertz CT molecular complexity index is 232. The smallest absolute Gasteiger partial charge is 0.228 e. The molecule has 0 aromatic rings. The van der Waals surface area contributed by atoms with E-state index in [9.17, 15) is 9.90 Å². The maximum absolute atomic E-state index is 11.3. The van der Waals surface area contributed by atoms with Crippen LogP contribution < -0.4 is 5.32 Å². The first-order valence-electron chi connectivity index (χ1n) is 4.63. The summed E-state index contributed by atoms with van der Waals surface area (Å²) < 4.78 is 0.511. The van der Waals surface area contributed by atoms with Crippen molar-refractivity contribution in [3.05, 3.63) is 0 Å². The van der Waals surface area contributed by atoms with Gasteiger partial charge < -0.3 is 15.5 Å². The Kier molecular flexibility index (Phi) is 3.76. The van der Waals surface area contributed by atoms with Crippen molar-refractivity contribution in [2.75, 3.05) is 11.0 Å². The van der Waals surface area contributed by atoms with E-state index in [1.807, 2.05) is 6.92 Å². The molecule has 1 aliphatic heterocycles. The average molecular weight is 313 g/mol.